The van der Waals surface area contributed by atoms with Gasteiger partial charge in [0.25, 0.3) is 0 Å². The molecule has 1 rings (SSSR count). The quantitative estimate of drug-likeness (QED) is 0.718. The van der Waals surface area contributed by atoms with Crippen LogP contribution in [0.5, 0.6) is 0 Å². The van der Waals surface area contributed by atoms with Gasteiger partial charge < -0.3 is 15.1 Å². The molecular weight excluding hydrogens is 206 g/mol. The van der Waals surface area contributed by atoms with Gasteiger partial charge in [-0.3, -0.25) is 9.59 Å². The molecule has 5 nitrogen and oxygen atoms in total. The van der Waals surface area contributed by atoms with Gasteiger partial charge in [-0.25, -0.2) is 0 Å². The van der Waals surface area contributed by atoms with Crippen LogP contribution in [0.25, 0.3) is 0 Å². The van der Waals surface area contributed by atoms with E-state index >= 15 is 0 Å². The molecule has 1 atom stereocenters. The zero-order valence-electron chi connectivity index (χ0n) is 10.3. The lowest BCUT2D eigenvalue weighted by Gasteiger charge is -2.33. The Kier molecular flexibility index (Phi) is 4.73. The molecule has 16 heavy (non-hydrogen) atoms. The standard InChI is InChI=1S/C11H21N3O2/c1-4-10(15)13(3)9(2)11(16)14-7-5-12-6-8-14/h9,12H,4-8H2,1-3H3. The van der Waals surface area contributed by atoms with Crippen molar-refractivity contribution in [2.24, 2.45) is 0 Å². The van der Waals surface area contributed by atoms with Crippen LogP contribution >= 0.6 is 0 Å². The van der Waals surface area contributed by atoms with Gasteiger partial charge in [-0.05, 0) is 6.92 Å². The van der Waals surface area contributed by atoms with Crippen LogP contribution in [0.15, 0.2) is 0 Å². The summed E-state index contributed by atoms with van der Waals surface area (Å²) in [6.45, 7) is 6.74. The van der Waals surface area contributed by atoms with E-state index in [1.54, 1.807) is 20.9 Å². The Morgan fingerprint density at radius 2 is 1.94 bits per heavy atom. The fraction of sp³-hybridized carbons (Fsp3) is 0.818. The molecule has 0 aromatic rings. The predicted octanol–water partition coefficient (Wildman–Crippen LogP) is -0.325. The average Bonchev–Trinajstić information content (AvgIpc) is 2.36. The van der Waals surface area contributed by atoms with Crippen molar-refractivity contribution in [2.75, 3.05) is 33.2 Å². The summed E-state index contributed by atoms with van der Waals surface area (Å²) in [6, 6.07) is -0.356. The van der Waals surface area contributed by atoms with E-state index in [4.69, 9.17) is 0 Å². The Balaban J connectivity index is 2.54. The van der Waals surface area contributed by atoms with E-state index in [-0.39, 0.29) is 17.9 Å². The highest BCUT2D eigenvalue weighted by molar-refractivity contribution is 5.87. The molecule has 0 saturated carbocycles. The zero-order valence-corrected chi connectivity index (χ0v) is 10.3. The smallest absolute Gasteiger partial charge is 0.245 e. The van der Waals surface area contributed by atoms with Crippen molar-refractivity contribution in [1.29, 1.82) is 0 Å². The predicted molar refractivity (Wildman–Crippen MR) is 62.0 cm³/mol. The number of carbonyl (C=O) groups is 2. The van der Waals surface area contributed by atoms with E-state index in [0.29, 0.717) is 6.42 Å². The highest BCUT2D eigenvalue weighted by Crippen LogP contribution is 2.05. The summed E-state index contributed by atoms with van der Waals surface area (Å²) in [4.78, 5) is 26.9. The van der Waals surface area contributed by atoms with Gasteiger partial charge in [0, 0.05) is 39.6 Å². The Morgan fingerprint density at radius 1 is 1.38 bits per heavy atom. The maximum absolute atomic E-state index is 12.1. The van der Waals surface area contributed by atoms with Gasteiger partial charge in [0.05, 0.1) is 0 Å². The normalized spacial score (nSPS) is 18.1. The summed E-state index contributed by atoms with van der Waals surface area (Å²) >= 11 is 0. The Labute approximate surface area is 96.8 Å². The molecule has 1 aliphatic heterocycles. The maximum atomic E-state index is 12.1. The number of likely N-dealkylation sites (N-methyl/N-ethyl adjacent to an activating group) is 1. The van der Waals surface area contributed by atoms with E-state index in [1.807, 2.05) is 4.90 Å². The van der Waals surface area contributed by atoms with Crippen LogP contribution in [-0.2, 0) is 9.59 Å². The Bertz CT molecular complexity index is 262. The van der Waals surface area contributed by atoms with Gasteiger partial charge in [-0.1, -0.05) is 6.92 Å². The fourth-order valence-corrected chi connectivity index (χ4v) is 1.78. The molecule has 0 radical (unpaired) electrons. The van der Waals surface area contributed by atoms with Crippen molar-refractivity contribution in [2.45, 2.75) is 26.3 Å². The number of hydrogen-bond donors (Lipinski definition) is 1. The first-order valence-electron chi connectivity index (χ1n) is 5.83. The van der Waals surface area contributed by atoms with Gasteiger partial charge in [0.2, 0.25) is 11.8 Å². The second-order valence-corrected chi connectivity index (χ2v) is 4.11. The largest absolute Gasteiger partial charge is 0.338 e. The van der Waals surface area contributed by atoms with Gasteiger partial charge in [0.1, 0.15) is 6.04 Å². The van der Waals surface area contributed by atoms with Crippen LogP contribution in [-0.4, -0.2) is 60.9 Å². The molecule has 1 aliphatic rings. The Morgan fingerprint density at radius 3 is 2.44 bits per heavy atom. The van der Waals surface area contributed by atoms with Crippen LogP contribution in [0.4, 0.5) is 0 Å². The minimum absolute atomic E-state index is 0.0102. The van der Waals surface area contributed by atoms with Crippen LogP contribution in [0, 0.1) is 0 Å². The molecule has 5 heteroatoms. The summed E-state index contributed by atoms with van der Waals surface area (Å²) in [5.74, 6) is 0.0572. The number of nitrogens with one attached hydrogen (secondary N) is 1. The Hall–Kier alpha value is -1.10. The summed E-state index contributed by atoms with van der Waals surface area (Å²) < 4.78 is 0. The number of hydrogen-bond acceptors (Lipinski definition) is 3. The van der Waals surface area contributed by atoms with E-state index in [2.05, 4.69) is 5.32 Å². The first kappa shape index (κ1) is 13.0. The zero-order chi connectivity index (χ0) is 12.1. The molecular formula is C11H21N3O2. The summed E-state index contributed by atoms with van der Waals surface area (Å²) in [5.41, 5.74) is 0. The molecule has 1 N–H and O–H groups in total. The van der Waals surface area contributed by atoms with Crippen molar-refractivity contribution in [3.05, 3.63) is 0 Å². The second-order valence-electron chi connectivity index (χ2n) is 4.11. The number of nitrogens with zero attached hydrogens (tertiary/aromatic N) is 2. The van der Waals surface area contributed by atoms with Crippen LogP contribution in [0.3, 0.4) is 0 Å². The number of amides is 2. The van der Waals surface area contributed by atoms with Gasteiger partial charge >= 0.3 is 0 Å². The molecule has 1 saturated heterocycles. The topological polar surface area (TPSA) is 52.7 Å². The van der Waals surface area contributed by atoms with E-state index < -0.39 is 0 Å². The van der Waals surface area contributed by atoms with Crippen molar-refractivity contribution in [3.63, 3.8) is 0 Å². The maximum Gasteiger partial charge on any atom is 0.245 e. The SMILES string of the molecule is CCC(=O)N(C)C(C)C(=O)N1CCNCC1. The molecule has 1 unspecified atom stereocenters. The summed E-state index contributed by atoms with van der Waals surface area (Å²) in [7, 11) is 1.69. The highest BCUT2D eigenvalue weighted by Gasteiger charge is 2.26. The average molecular weight is 227 g/mol. The molecule has 0 aromatic heterocycles. The van der Waals surface area contributed by atoms with Crippen LogP contribution in [0.1, 0.15) is 20.3 Å². The lowest BCUT2D eigenvalue weighted by atomic mass is 10.2. The molecule has 0 aliphatic carbocycles. The van der Waals surface area contributed by atoms with Crippen molar-refractivity contribution >= 4 is 11.8 Å². The van der Waals surface area contributed by atoms with E-state index in [1.165, 1.54) is 4.90 Å². The minimum atomic E-state index is -0.356. The first-order valence-corrected chi connectivity index (χ1v) is 5.83. The minimum Gasteiger partial charge on any atom is -0.338 e. The van der Waals surface area contributed by atoms with Crippen molar-refractivity contribution < 1.29 is 9.59 Å². The number of carbonyl (C=O) groups excluding carboxylic acids is 2. The van der Waals surface area contributed by atoms with Crippen LogP contribution < -0.4 is 5.32 Å². The van der Waals surface area contributed by atoms with Crippen molar-refractivity contribution in [1.82, 2.24) is 15.1 Å². The lowest BCUT2D eigenvalue weighted by molar-refractivity contribution is -0.144. The van der Waals surface area contributed by atoms with Gasteiger partial charge in [0.15, 0.2) is 0 Å². The number of piperazine rings is 1. The summed E-state index contributed by atoms with van der Waals surface area (Å²) in [5, 5.41) is 3.20. The second kappa shape index (κ2) is 5.84. The van der Waals surface area contributed by atoms with Gasteiger partial charge in [-0.15, -0.1) is 0 Å². The third-order valence-electron chi connectivity index (χ3n) is 3.06. The molecule has 0 bridgehead atoms. The van der Waals surface area contributed by atoms with E-state index in [9.17, 15) is 9.59 Å². The monoisotopic (exact) mass is 227 g/mol. The van der Waals surface area contributed by atoms with Gasteiger partial charge in [-0.2, -0.15) is 0 Å². The van der Waals surface area contributed by atoms with Crippen molar-refractivity contribution in [3.8, 4) is 0 Å². The van der Waals surface area contributed by atoms with E-state index in [0.717, 1.165) is 26.2 Å². The third-order valence-corrected chi connectivity index (χ3v) is 3.06. The van der Waals surface area contributed by atoms with Crippen LogP contribution in [0.2, 0.25) is 0 Å². The lowest BCUT2D eigenvalue weighted by Crippen LogP contribution is -2.53. The first-order chi connectivity index (χ1) is 7.57. The molecule has 2 amide bonds. The molecule has 0 aromatic carbocycles. The molecule has 1 fully saturated rings. The molecule has 1 heterocycles. The molecule has 0 spiro atoms. The highest BCUT2D eigenvalue weighted by atomic mass is 16.2. The fourth-order valence-electron chi connectivity index (χ4n) is 1.78. The number of rotatable bonds is 3. The molecule has 92 valence electrons. The summed E-state index contributed by atoms with van der Waals surface area (Å²) in [6.07, 6.45) is 0.440. The third kappa shape index (κ3) is 2.95.